The van der Waals surface area contributed by atoms with E-state index in [4.69, 9.17) is 0 Å². The predicted molar refractivity (Wildman–Crippen MR) is 138 cm³/mol. The van der Waals surface area contributed by atoms with E-state index in [1.807, 2.05) is 55.8 Å². The molecule has 2 saturated heterocycles. The van der Waals surface area contributed by atoms with Gasteiger partial charge in [0.25, 0.3) is 5.91 Å². The lowest BCUT2D eigenvalue weighted by atomic mass is 9.57. The Labute approximate surface area is 207 Å². The number of anilines is 1. The minimum absolute atomic E-state index is 0.0864. The number of carbonyl (C=O) groups is 2. The van der Waals surface area contributed by atoms with Crippen molar-refractivity contribution < 1.29 is 9.59 Å². The second kappa shape index (κ2) is 7.71. The van der Waals surface area contributed by atoms with Crippen LogP contribution in [-0.2, 0) is 15.1 Å². The molecule has 0 bridgehead atoms. The highest BCUT2D eigenvalue weighted by Gasteiger charge is 2.74. The fourth-order valence-corrected chi connectivity index (χ4v) is 8.20. The van der Waals surface area contributed by atoms with Crippen LogP contribution >= 0.6 is 22.7 Å². The van der Waals surface area contributed by atoms with Gasteiger partial charge >= 0.3 is 0 Å². The fraction of sp³-hybridized carbons (Fsp3) is 0.333. The molecule has 3 aliphatic heterocycles. The van der Waals surface area contributed by atoms with Crippen molar-refractivity contribution in [3.63, 3.8) is 0 Å². The molecule has 2 fully saturated rings. The number of rotatable bonds is 2. The lowest BCUT2D eigenvalue weighted by Gasteiger charge is -2.50. The number of nitrogens with zero attached hydrogens (tertiary/aromatic N) is 2. The van der Waals surface area contributed by atoms with E-state index in [9.17, 15) is 9.59 Å². The van der Waals surface area contributed by atoms with Crippen molar-refractivity contribution in [1.29, 1.82) is 0 Å². The second-order valence-electron chi connectivity index (χ2n) is 9.82. The van der Waals surface area contributed by atoms with Crippen LogP contribution in [0.4, 0.5) is 5.69 Å². The highest BCUT2D eigenvalue weighted by atomic mass is 32.1. The number of Topliss-reactive ketones (excluding diaryl/α,β-unsaturated/α-hetero) is 1. The number of amides is 1. The molecule has 34 heavy (non-hydrogen) atoms. The molecule has 1 N–H and O–H groups in total. The molecular weight excluding hydrogens is 462 g/mol. The molecular formula is C27H27N3O2S2. The van der Waals surface area contributed by atoms with Crippen LogP contribution in [0.25, 0.3) is 6.08 Å². The number of likely N-dealkylation sites (N-methyl/N-ethyl adjacent to an activating group) is 2. The Morgan fingerprint density at radius 2 is 1.88 bits per heavy atom. The zero-order valence-electron chi connectivity index (χ0n) is 19.5. The standard InChI is InChI=1S/C27H27N3O2S2/c1-17-8-9-22-20(12-17)27(25(32)28-22)26(21(15-30(27)3)23-7-5-11-34-23)16-29(2)14-18(24(26)31)13-19-6-4-10-33-19/h4-13,21H,14-16H2,1-3H3,(H,28,32). The Bertz CT molecular complexity index is 1310. The third-order valence-corrected chi connectivity index (χ3v) is 9.62. The number of thiophene rings is 2. The van der Waals surface area contributed by atoms with Crippen molar-refractivity contribution in [2.45, 2.75) is 18.4 Å². The fourth-order valence-electron chi connectivity index (χ4n) is 6.61. The van der Waals surface area contributed by atoms with Gasteiger partial charge in [0, 0.05) is 52.1 Å². The molecule has 7 heteroatoms. The molecule has 2 spiro atoms. The molecule has 3 unspecified atom stereocenters. The molecule has 0 radical (unpaired) electrons. The summed E-state index contributed by atoms with van der Waals surface area (Å²) in [4.78, 5) is 35.5. The number of benzene rings is 1. The van der Waals surface area contributed by atoms with Gasteiger partial charge in [0.05, 0.1) is 5.41 Å². The summed E-state index contributed by atoms with van der Waals surface area (Å²) in [6.45, 7) is 3.80. The zero-order chi connectivity index (χ0) is 23.7. The SMILES string of the molecule is Cc1ccc2c(c1)C1(C(=O)N2)N(C)CC(c2cccs2)C12CN(C)CC(=Cc1cccs1)C2=O. The van der Waals surface area contributed by atoms with E-state index in [-0.39, 0.29) is 17.6 Å². The van der Waals surface area contributed by atoms with Crippen molar-refractivity contribution in [1.82, 2.24) is 9.80 Å². The largest absolute Gasteiger partial charge is 0.324 e. The van der Waals surface area contributed by atoms with Crippen LogP contribution in [0.1, 0.15) is 26.8 Å². The van der Waals surface area contributed by atoms with Crippen molar-refractivity contribution in [2.75, 3.05) is 39.0 Å². The molecule has 2 aromatic heterocycles. The molecule has 5 heterocycles. The monoisotopic (exact) mass is 489 g/mol. The Kier molecular flexibility index (Phi) is 4.97. The van der Waals surface area contributed by atoms with Crippen molar-refractivity contribution >= 4 is 46.1 Å². The minimum atomic E-state index is -1.07. The summed E-state index contributed by atoms with van der Waals surface area (Å²) < 4.78 is 0. The molecule has 6 rings (SSSR count). The van der Waals surface area contributed by atoms with Gasteiger partial charge in [-0.1, -0.05) is 29.8 Å². The summed E-state index contributed by atoms with van der Waals surface area (Å²) in [5.41, 5.74) is 1.61. The number of piperidine rings is 1. The highest BCUT2D eigenvalue weighted by Crippen LogP contribution is 2.64. The molecule has 3 aliphatic rings. The quantitative estimate of drug-likeness (QED) is 0.536. The van der Waals surface area contributed by atoms with Gasteiger partial charge in [-0.25, -0.2) is 0 Å². The van der Waals surface area contributed by atoms with Gasteiger partial charge in [-0.2, -0.15) is 0 Å². The van der Waals surface area contributed by atoms with E-state index >= 15 is 0 Å². The predicted octanol–water partition coefficient (Wildman–Crippen LogP) is 4.58. The Morgan fingerprint density at radius 3 is 2.62 bits per heavy atom. The van der Waals surface area contributed by atoms with Gasteiger partial charge in [-0.3, -0.25) is 14.5 Å². The molecule has 5 nitrogen and oxygen atoms in total. The van der Waals surface area contributed by atoms with Crippen molar-refractivity contribution in [3.8, 4) is 0 Å². The summed E-state index contributed by atoms with van der Waals surface area (Å²) >= 11 is 3.31. The number of ketones is 1. The summed E-state index contributed by atoms with van der Waals surface area (Å²) in [7, 11) is 4.08. The number of nitrogens with one attached hydrogen (secondary N) is 1. The average Bonchev–Trinajstić information content (AvgIpc) is 3.58. The zero-order valence-corrected chi connectivity index (χ0v) is 21.1. The van der Waals surface area contributed by atoms with Crippen LogP contribution in [0.3, 0.4) is 0 Å². The van der Waals surface area contributed by atoms with Gasteiger partial charge in [0.1, 0.15) is 5.54 Å². The Morgan fingerprint density at radius 1 is 1.09 bits per heavy atom. The third-order valence-electron chi connectivity index (χ3n) is 7.81. The van der Waals surface area contributed by atoms with E-state index in [2.05, 4.69) is 39.7 Å². The van der Waals surface area contributed by atoms with E-state index in [0.29, 0.717) is 19.6 Å². The van der Waals surface area contributed by atoms with Gasteiger partial charge < -0.3 is 10.2 Å². The van der Waals surface area contributed by atoms with E-state index in [0.717, 1.165) is 32.1 Å². The van der Waals surface area contributed by atoms with E-state index in [1.165, 1.54) is 0 Å². The third kappa shape index (κ3) is 2.78. The van der Waals surface area contributed by atoms with Gasteiger partial charge in [-0.15, -0.1) is 22.7 Å². The maximum Gasteiger partial charge on any atom is 0.250 e. The van der Waals surface area contributed by atoms with Crippen molar-refractivity contribution in [2.24, 2.45) is 5.41 Å². The first-order valence-corrected chi connectivity index (χ1v) is 13.3. The van der Waals surface area contributed by atoms with Gasteiger partial charge in [-0.05, 0) is 56.1 Å². The minimum Gasteiger partial charge on any atom is -0.324 e. The van der Waals surface area contributed by atoms with Crippen LogP contribution < -0.4 is 5.32 Å². The van der Waals surface area contributed by atoms with Gasteiger partial charge in [0.2, 0.25) is 0 Å². The lowest BCUT2D eigenvalue weighted by Crippen LogP contribution is -2.65. The van der Waals surface area contributed by atoms with E-state index in [1.54, 1.807) is 22.7 Å². The normalized spacial score (nSPS) is 30.6. The van der Waals surface area contributed by atoms with E-state index < -0.39 is 11.0 Å². The van der Waals surface area contributed by atoms with Crippen LogP contribution in [0, 0.1) is 12.3 Å². The maximum absolute atomic E-state index is 14.8. The summed E-state index contributed by atoms with van der Waals surface area (Å²) in [6, 6.07) is 14.3. The van der Waals surface area contributed by atoms with Crippen LogP contribution in [0.2, 0.25) is 0 Å². The van der Waals surface area contributed by atoms with Crippen LogP contribution in [0.15, 0.2) is 58.8 Å². The number of carbonyl (C=O) groups excluding carboxylic acids is 2. The second-order valence-corrected chi connectivity index (χ2v) is 11.8. The highest BCUT2D eigenvalue weighted by molar-refractivity contribution is 7.11. The first-order chi connectivity index (χ1) is 16.4. The molecule has 1 amide bonds. The number of hydrogen-bond donors (Lipinski definition) is 1. The summed E-state index contributed by atoms with van der Waals surface area (Å²) in [6.07, 6.45) is 2.03. The number of hydrogen-bond acceptors (Lipinski definition) is 6. The molecule has 0 aliphatic carbocycles. The number of aryl methyl sites for hydroxylation is 1. The Hall–Kier alpha value is -2.58. The lowest BCUT2D eigenvalue weighted by molar-refractivity contribution is -0.146. The van der Waals surface area contributed by atoms with Crippen molar-refractivity contribution in [3.05, 3.63) is 79.7 Å². The summed E-state index contributed by atoms with van der Waals surface area (Å²) in [5, 5.41) is 7.26. The molecule has 0 saturated carbocycles. The number of fused-ring (bicyclic) bond motifs is 3. The average molecular weight is 490 g/mol. The van der Waals surface area contributed by atoms with Gasteiger partial charge in [0.15, 0.2) is 5.78 Å². The molecule has 3 aromatic rings. The first kappa shape index (κ1) is 21.9. The molecule has 3 atom stereocenters. The maximum atomic E-state index is 14.8. The smallest absolute Gasteiger partial charge is 0.250 e. The topological polar surface area (TPSA) is 52.7 Å². The Balaban J connectivity index is 1.65. The molecule has 1 aromatic carbocycles. The van der Waals surface area contributed by atoms with Crippen LogP contribution in [0.5, 0.6) is 0 Å². The first-order valence-electron chi connectivity index (χ1n) is 11.5. The molecule has 174 valence electrons. The van der Waals surface area contributed by atoms with Crippen LogP contribution in [-0.4, -0.2) is 55.2 Å². The number of likely N-dealkylation sites (tertiary alicyclic amines) is 2. The summed E-state index contributed by atoms with van der Waals surface area (Å²) in [5.74, 6) is -0.0725.